The summed E-state index contributed by atoms with van der Waals surface area (Å²) >= 11 is 3.46. The molecular weight excluding hydrogens is 240 g/mol. The van der Waals surface area contributed by atoms with Crippen LogP contribution >= 0.6 is 15.9 Å². The van der Waals surface area contributed by atoms with Crippen molar-refractivity contribution in [1.29, 1.82) is 0 Å². The van der Waals surface area contributed by atoms with E-state index in [4.69, 9.17) is 5.73 Å². The zero-order valence-electron chi connectivity index (χ0n) is 8.07. The maximum Gasteiger partial charge on any atom is 0.0481 e. The summed E-state index contributed by atoms with van der Waals surface area (Å²) < 4.78 is 3.30. The Hall–Kier alpha value is -0.800. The van der Waals surface area contributed by atoms with Gasteiger partial charge < -0.3 is 10.3 Å². The van der Waals surface area contributed by atoms with Gasteiger partial charge in [0.1, 0.15) is 0 Å². The molecule has 0 aliphatic carbocycles. The van der Waals surface area contributed by atoms with Crippen molar-refractivity contribution in [3.8, 4) is 0 Å². The fraction of sp³-hybridized carbons (Fsp3) is 0.273. The third-order valence-electron chi connectivity index (χ3n) is 2.22. The number of halogens is 1. The maximum absolute atomic E-state index is 5.77. The predicted octanol–water partition coefficient (Wildman–Crippen LogP) is 2.75. The van der Waals surface area contributed by atoms with Crippen molar-refractivity contribution in [2.45, 2.75) is 19.5 Å². The Balaban J connectivity index is 2.47. The van der Waals surface area contributed by atoms with Crippen LogP contribution in [0.3, 0.4) is 0 Å². The minimum Gasteiger partial charge on any atom is -0.346 e. The molecule has 0 saturated carbocycles. The van der Waals surface area contributed by atoms with Crippen LogP contribution < -0.4 is 5.73 Å². The molecule has 0 aliphatic heterocycles. The second kappa shape index (κ2) is 3.75. The van der Waals surface area contributed by atoms with E-state index < -0.39 is 0 Å². The van der Waals surface area contributed by atoms with Crippen molar-refractivity contribution >= 4 is 26.8 Å². The summed E-state index contributed by atoms with van der Waals surface area (Å²) in [6, 6.07) is 8.59. The smallest absolute Gasteiger partial charge is 0.0481 e. The number of hydrogen-bond acceptors (Lipinski definition) is 1. The van der Waals surface area contributed by atoms with E-state index in [0.29, 0.717) is 0 Å². The third kappa shape index (κ3) is 1.83. The van der Waals surface area contributed by atoms with Gasteiger partial charge in [0.2, 0.25) is 0 Å². The normalized spacial score (nSPS) is 13.4. The number of rotatable bonds is 2. The summed E-state index contributed by atoms with van der Waals surface area (Å²) in [7, 11) is 0. The predicted molar refractivity (Wildman–Crippen MR) is 63.3 cm³/mol. The second-order valence-corrected chi connectivity index (χ2v) is 4.56. The van der Waals surface area contributed by atoms with E-state index in [1.165, 1.54) is 10.9 Å². The fourth-order valence-corrected chi connectivity index (χ4v) is 2.02. The van der Waals surface area contributed by atoms with E-state index in [-0.39, 0.29) is 6.04 Å². The molecule has 0 saturated heterocycles. The molecule has 2 nitrogen and oxygen atoms in total. The number of fused-ring (bicyclic) bond motifs is 1. The fourth-order valence-electron chi connectivity index (χ4n) is 1.64. The van der Waals surface area contributed by atoms with Crippen molar-refractivity contribution in [1.82, 2.24) is 4.57 Å². The Labute approximate surface area is 91.8 Å². The Morgan fingerprint density at radius 3 is 2.93 bits per heavy atom. The van der Waals surface area contributed by atoms with Crippen molar-refractivity contribution in [3.63, 3.8) is 0 Å². The van der Waals surface area contributed by atoms with Crippen LogP contribution in [0, 0.1) is 0 Å². The Morgan fingerprint density at radius 2 is 2.21 bits per heavy atom. The molecule has 1 aromatic heterocycles. The molecule has 1 aromatic carbocycles. The molecule has 74 valence electrons. The van der Waals surface area contributed by atoms with Gasteiger partial charge in [0, 0.05) is 34.2 Å². The van der Waals surface area contributed by atoms with Crippen molar-refractivity contribution < 1.29 is 0 Å². The summed E-state index contributed by atoms with van der Waals surface area (Å²) in [5, 5.41) is 1.25. The van der Waals surface area contributed by atoms with Crippen LogP contribution in [0.25, 0.3) is 10.9 Å². The summed E-state index contributed by atoms with van der Waals surface area (Å²) in [6.45, 7) is 2.88. The monoisotopic (exact) mass is 252 g/mol. The molecule has 0 fully saturated rings. The van der Waals surface area contributed by atoms with Gasteiger partial charge in [-0.05, 0) is 31.2 Å². The van der Waals surface area contributed by atoms with E-state index in [9.17, 15) is 0 Å². The summed E-state index contributed by atoms with van der Waals surface area (Å²) in [5.74, 6) is 0. The first-order valence-electron chi connectivity index (χ1n) is 4.67. The van der Waals surface area contributed by atoms with Gasteiger partial charge >= 0.3 is 0 Å². The van der Waals surface area contributed by atoms with Crippen molar-refractivity contribution in [2.24, 2.45) is 5.73 Å². The molecule has 0 amide bonds. The minimum absolute atomic E-state index is 0.189. The highest BCUT2D eigenvalue weighted by atomic mass is 79.9. The average Bonchev–Trinajstić information content (AvgIpc) is 2.47. The lowest BCUT2D eigenvalue weighted by molar-refractivity contribution is 0.605. The van der Waals surface area contributed by atoms with E-state index in [2.05, 4.69) is 51.0 Å². The average molecular weight is 253 g/mol. The van der Waals surface area contributed by atoms with Gasteiger partial charge in [0.25, 0.3) is 0 Å². The lowest BCUT2D eigenvalue weighted by Gasteiger charge is -2.08. The lowest BCUT2D eigenvalue weighted by Crippen LogP contribution is -2.21. The molecule has 1 heterocycles. The molecule has 2 rings (SSSR count). The molecule has 1 atom stereocenters. The second-order valence-electron chi connectivity index (χ2n) is 3.65. The SMILES string of the molecule is CC(N)Cn1ccc2cc(Br)ccc21. The number of nitrogens with two attached hydrogens (primary N) is 1. The van der Waals surface area contributed by atoms with Gasteiger partial charge in [0.15, 0.2) is 0 Å². The number of hydrogen-bond donors (Lipinski definition) is 1. The molecule has 3 heteroatoms. The molecule has 2 aromatic rings. The summed E-state index contributed by atoms with van der Waals surface area (Å²) in [6.07, 6.45) is 2.08. The largest absolute Gasteiger partial charge is 0.346 e. The highest BCUT2D eigenvalue weighted by molar-refractivity contribution is 9.10. The third-order valence-corrected chi connectivity index (χ3v) is 2.71. The van der Waals surface area contributed by atoms with Gasteiger partial charge in [-0.2, -0.15) is 0 Å². The lowest BCUT2D eigenvalue weighted by atomic mass is 10.2. The first-order chi connectivity index (χ1) is 6.66. The molecule has 0 spiro atoms. The van der Waals surface area contributed by atoms with Crippen LogP contribution in [-0.2, 0) is 6.54 Å². The van der Waals surface area contributed by atoms with Gasteiger partial charge in [-0.25, -0.2) is 0 Å². The zero-order chi connectivity index (χ0) is 10.1. The number of aromatic nitrogens is 1. The summed E-state index contributed by atoms with van der Waals surface area (Å²) in [5.41, 5.74) is 7.02. The highest BCUT2D eigenvalue weighted by Gasteiger charge is 2.02. The summed E-state index contributed by atoms with van der Waals surface area (Å²) in [4.78, 5) is 0. The van der Waals surface area contributed by atoms with Crippen LogP contribution in [0.5, 0.6) is 0 Å². The van der Waals surface area contributed by atoms with Gasteiger partial charge in [0.05, 0.1) is 0 Å². The topological polar surface area (TPSA) is 30.9 Å². The zero-order valence-corrected chi connectivity index (χ0v) is 9.66. The molecule has 0 aliphatic rings. The molecular formula is C11H13BrN2. The van der Waals surface area contributed by atoms with E-state index in [1.54, 1.807) is 0 Å². The van der Waals surface area contributed by atoms with Gasteiger partial charge in [-0.1, -0.05) is 15.9 Å². The Kier molecular flexibility index (Phi) is 2.61. The van der Waals surface area contributed by atoms with Crippen molar-refractivity contribution in [3.05, 3.63) is 34.9 Å². The maximum atomic E-state index is 5.77. The number of benzene rings is 1. The van der Waals surface area contributed by atoms with E-state index in [0.717, 1.165) is 11.0 Å². The molecule has 0 radical (unpaired) electrons. The minimum atomic E-state index is 0.189. The van der Waals surface area contributed by atoms with E-state index in [1.807, 2.05) is 6.92 Å². The van der Waals surface area contributed by atoms with Crippen LogP contribution in [0.4, 0.5) is 0 Å². The van der Waals surface area contributed by atoms with Gasteiger partial charge in [-0.15, -0.1) is 0 Å². The standard InChI is InChI=1S/C11H13BrN2/c1-8(13)7-14-5-4-9-6-10(12)2-3-11(9)14/h2-6,8H,7,13H2,1H3. The van der Waals surface area contributed by atoms with Gasteiger partial charge in [-0.3, -0.25) is 0 Å². The molecule has 0 bridgehead atoms. The number of nitrogens with zero attached hydrogens (tertiary/aromatic N) is 1. The molecule has 14 heavy (non-hydrogen) atoms. The first kappa shape index (κ1) is 9.74. The van der Waals surface area contributed by atoms with Crippen LogP contribution in [-0.4, -0.2) is 10.6 Å². The van der Waals surface area contributed by atoms with Crippen LogP contribution in [0.15, 0.2) is 34.9 Å². The quantitative estimate of drug-likeness (QED) is 0.876. The van der Waals surface area contributed by atoms with Crippen LogP contribution in [0.2, 0.25) is 0 Å². The van der Waals surface area contributed by atoms with Crippen LogP contribution in [0.1, 0.15) is 6.92 Å². The highest BCUT2D eigenvalue weighted by Crippen LogP contribution is 2.20. The van der Waals surface area contributed by atoms with Crippen molar-refractivity contribution in [2.75, 3.05) is 0 Å². The Bertz CT molecular complexity index is 445. The molecule has 1 unspecified atom stereocenters. The molecule has 2 N–H and O–H groups in total. The van der Waals surface area contributed by atoms with E-state index >= 15 is 0 Å². The first-order valence-corrected chi connectivity index (χ1v) is 5.46. The Morgan fingerprint density at radius 1 is 1.43 bits per heavy atom.